The number of hydrogen-bond acceptors (Lipinski definition) is 6. The van der Waals surface area contributed by atoms with E-state index in [4.69, 9.17) is 4.74 Å². The summed E-state index contributed by atoms with van der Waals surface area (Å²) in [5.41, 5.74) is 3.36. The first-order chi connectivity index (χ1) is 13.6. The summed E-state index contributed by atoms with van der Waals surface area (Å²) >= 11 is 0. The molecule has 9 heteroatoms. The minimum absolute atomic E-state index is 0.0960. The number of rotatable bonds is 6. The van der Waals surface area contributed by atoms with Gasteiger partial charge in [-0.15, -0.1) is 4.91 Å². The van der Waals surface area contributed by atoms with Crippen LogP contribution >= 0.6 is 0 Å². The summed E-state index contributed by atoms with van der Waals surface area (Å²) in [5, 5.41) is 3.13. The molecule has 0 aliphatic rings. The van der Waals surface area contributed by atoms with E-state index in [1.54, 1.807) is 25.4 Å². The maximum absolute atomic E-state index is 13.0. The first-order valence-corrected chi connectivity index (χ1v) is 9.80. The van der Waals surface area contributed by atoms with E-state index in [0.717, 1.165) is 15.9 Å². The Morgan fingerprint density at radius 2 is 2.00 bits per heavy atom. The Bertz CT molecular complexity index is 1180. The van der Waals surface area contributed by atoms with E-state index in [9.17, 15) is 9.12 Å². The molecule has 3 aromatic heterocycles. The number of hydrogen-bond donors (Lipinski definition) is 0. The Morgan fingerprint density at radius 1 is 1.21 bits per heavy atom. The van der Waals surface area contributed by atoms with Crippen molar-refractivity contribution in [3.63, 3.8) is 0 Å². The van der Waals surface area contributed by atoms with Crippen LogP contribution < -0.4 is 4.74 Å². The van der Waals surface area contributed by atoms with Crippen LogP contribution in [0.25, 0.3) is 16.7 Å². The van der Waals surface area contributed by atoms with Gasteiger partial charge in [0.1, 0.15) is 5.75 Å². The monoisotopic (exact) mass is 395 g/mol. The first kappa shape index (κ1) is 18.1. The zero-order chi connectivity index (χ0) is 19.7. The van der Waals surface area contributed by atoms with E-state index in [2.05, 4.69) is 15.3 Å². The normalized spacial score (nSPS) is 12.2. The van der Waals surface area contributed by atoms with E-state index in [-0.39, 0.29) is 10.9 Å². The number of imidazole rings is 1. The minimum Gasteiger partial charge on any atom is -0.496 e. The molecule has 0 N–H and O–H groups in total. The molecule has 0 spiro atoms. The molecule has 4 aromatic rings. The lowest BCUT2D eigenvalue weighted by Gasteiger charge is -2.08. The van der Waals surface area contributed by atoms with Crippen molar-refractivity contribution in [2.75, 3.05) is 7.11 Å². The molecule has 28 heavy (non-hydrogen) atoms. The third-order valence-electron chi connectivity index (χ3n) is 4.52. The van der Waals surface area contributed by atoms with Crippen molar-refractivity contribution in [3.8, 4) is 11.4 Å². The molecule has 142 valence electrons. The summed E-state index contributed by atoms with van der Waals surface area (Å²) in [5.74, 6) is 0.771. The van der Waals surface area contributed by atoms with Gasteiger partial charge < -0.3 is 9.30 Å². The van der Waals surface area contributed by atoms with Crippen molar-refractivity contribution in [3.05, 3.63) is 71.2 Å². The summed E-state index contributed by atoms with van der Waals surface area (Å²) in [6, 6.07) is 11.0. The second-order valence-electron chi connectivity index (χ2n) is 6.13. The largest absolute Gasteiger partial charge is 0.496 e. The van der Waals surface area contributed by atoms with Gasteiger partial charge in [-0.25, -0.2) is 4.98 Å². The van der Waals surface area contributed by atoms with Crippen LogP contribution in [0.5, 0.6) is 5.75 Å². The standard InChI is InChI=1S/C19H17N5O3S/c1-13-16(20-8-7-18(13)27-2)12-28(26)19-21-15-11-14(23-9-3-4-10-23)5-6-17(15)24(19)22-25/h3-11H,12H2,1-2H3. The van der Waals surface area contributed by atoms with Crippen LogP contribution in [-0.4, -0.2) is 30.5 Å². The van der Waals surface area contributed by atoms with Crippen LogP contribution in [0.3, 0.4) is 0 Å². The van der Waals surface area contributed by atoms with E-state index >= 15 is 0 Å². The molecular weight excluding hydrogens is 378 g/mol. The third kappa shape index (κ3) is 3.09. The molecule has 0 bridgehead atoms. The lowest BCUT2D eigenvalue weighted by atomic mass is 10.2. The highest BCUT2D eigenvalue weighted by Gasteiger charge is 2.20. The average molecular weight is 395 g/mol. The molecule has 4 rings (SSSR count). The number of aromatic nitrogens is 4. The van der Waals surface area contributed by atoms with E-state index in [1.165, 1.54) is 0 Å². The van der Waals surface area contributed by atoms with E-state index in [1.807, 2.05) is 48.1 Å². The van der Waals surface area contributed by atoms with Gasteiger partial charge in [0.05, 0.1) is 45.7 Å². The van der Waals surface area contributed by atoms with Gasteiger partial charge in [0, 0.05) is 29.8 Å². The molecule has 0 aliphatic heterocycles. The smallest absolute Gasteiger partial charge is 0.223 e. The van der Waals surface area contributed by atoms with Gasteiger partial charge in [-0.3, -0.25) is 9.19 Å². The average Bonchev–Trinajstić information content (AvgIpc) is 3.36. The number of nitrogens with zero attached hydrogens (tertiary/aromatic N) is 5. The molecule has 0 saturated heterocycles. The molecule has 1 unspecified atom stereocenters. The minimum atomic E-state index is -1.61. The maximum atomic E-state index is 13.0. The quantitative estimate of drug-likeness (QED) is 0.467. The second kappa shape index (κ2) is 7.35. The van der Waals surface area contributed by atoms with Gasteiger partial charge in [-0.1, -0.05) is 0 Å². The Morgan fingerprint density at radius 3 is 2.71 bits per heavy atom. The van der Waals surface area contributed by atoms with Crippen molar-refractivity contribution in [2.45, 2.75) is 17.8 Å². The zero-order valence-corrected chi connectivity index (χ0v) is 16.1. The SMILES string of the molecule is COc1ccnc(CS(=O)c2nc3cc(-n4cccc4)ccc3n2N=O)c1C. The molecule has 8 nitrogen and oxygen atoms in total. The molecule has 0 amide bonds. The lowest BCUT2D eigenvalue weighted by molar-refractivity contribution is 0.410. The van der Waals surface area contributed by atoms with Gasteiger partial charge in [0.25, 0.3) is 0 Å². The van der Waals surface area contributed by atoms with Gasteiger partial charge >= 0.3 is 0 Å². The molecule has 0 radical (unpaired) electrons. The molecular formula is C19H17N5O3S. The fraction of sp³-hybridized carbons (Fsp3) is 0.158. The third-order valence-corrected chi connectivity index (χ3v) is 5.73. The van der Waals surface area contributed by atoms with Crippen molar-refractivity contribution < 1.29 is 8.95 Å². The number of methoxy groups -OCH3 is 1. The van der Waals surface area contributed by atoms with E-state index < -0.39 is 10.8 Å². The summed E-state index contributed by atoms with van der Waals surface area (Å²) in [6.45, 7) is 1.85. The second-order valence-corrected chi connectivity index (χ2v) is 7.47. The maximum Gasteiger partial charge on any atom is 0.223 e. The summed E-state index contributed by atoms with van der Waals surface area (Å²) in [7, 11) is -0.0385. The van der Waals surface area contributed by atoms with Gasteiger partial charge in [0.15, 0.2) is 0 Å². The number of nitroso groups, excluding NO2 is 1. The van der Waals surface area contributed by atoms with Crippen molar-refractivity contribution in [2.24, 2.45) is 5.29 Å². The van der Waals surface area contributed by atoms with Gasteiger partial charge in [-0.2, -0.15) is 4.68 Å². The molecule has 1 aromatic carbocycles. The molecule has 0 aliphatic carbocycles. The number of benzene rings is 1. The fourth-order valence-electron chi connectivity index (χ4n) is 3.04. The van der Waals surface area contributed by atoms with Crippen LogP contribution in [0.15, 0.2) is 65.4 Å². The van der Waals surface area contributed by atoms with Crippen LogP contribution in [0.2, 0.25) is 0 Å². The topological polar surface area (TPSA) is 91.4 Å². The number of ether oxygens (including phenoxy) is 1. The van der Waals surface area contributed by atoms with Gasteiger partial charge in [-0.05, 0) is 43.3 Å². The van der Waals surface area contributed by atoms with Crippen molar-refractivity contribution in [1.29, 1.82) is 0 Å². The highest BCUT2D eigenvalue weighted by molar-refractivity contribution is 7.84. The zero-order valence-electron chi connectivity index (χ0n) is 15.3. The summed E-state index contributed by atoms with van der Waals surface area (Å²) < 4.78 is 21.3. The predicted octanol–water partition coefficient (Wildman–Crippen LogP) is 3.38. The summed E-state index contributed by atoms with van der Waals surface area (Å²) in [4.78, 5) is 20.1. The summed E-state index contributed by atoms with van der Waals surface area (Å²) in [6.07, 6.45) is 5.42. The fourth-order valence-corrected chi connectivity index (χ4v) is 4.24. The van der Waals surface area contributed by atoms with Crippen molar-refractivity contribution >= 4 is 21.8 Å². The number of fused-ring (bicyclic) bond motifs is 1. The van der Waals surface area contributed by atoms with Gasteiger partial charge in [0.2, 0.25) is 5.16 Å². The highest BCUT2D eigenvalue weighted by atomic mass is 32.2. The Labute approximate surface area is 163 Å². The highest BCUT2D eigenvalue weighted by Crippen LogP contribution is 2.25. The molecule has 1 atom stereocenters. The van der Waals surface area contributed by atoms with Crippen LogP contribution in [0.1, 0.15) is 11.3 Å². The van der Waals surface area contributed by atoms with E-state index in [0.29, 0.717) is 22.5 Å². The molecule has 0 fully saturated rings. The predicted molar refractivity (Wildman–Crippen MR) is 106 cm³/mol. The van der Waals surface area contributed by atoms with Crippen LogP contribution in [0, 0.1) is 11.8 Å². The molecule has 3 heterocycles. The van der Waals surface area contributed by atoms with Crippen LogP contribution in [-0.2, 0) is 16.6 Å². The Hall–Kier alpha value is -3.33. The Balaban J connectivity index is 1.73. The first-order valence-electron chi connectivity index (χ1n) is 8.48. The number of pyridine rings is 1. The molecule has 0 saturated carbocycles. The van der Waals surface area contributed by atoms with Crippen molar-refractivity contribution in [1.82, 2.24) is 19.2 Å². The lowest BCUT2D eigenvalue weighted by Crippen LogP contribution is -2.06. The van der Waals surface area contributed by atoms with Crippen LogP contribution in [0.4, 0.5) is 0 Å². The Kier molecular flexibility index (Phi) is 4.74.